The van der Waals surface area contributed by atoms with Crippen LogP contribution in [0.1, 0.15) is 44.8 Å². The molecular formula is C11H20ClN3O3. The molecule has 0 saturated carbocycles. The summed E-state index contributed by atoms with van der Waals surface area (Å²) in [5, 5.41) is 12.6. The molecule has 1 rings (SSSR count). The van der Waals surface area contributed by atoms with Crippen LogP contribution in [0.4, 0.5) is 0 Å². The highest BCUT2D eigenvalue weighted by molar-refractivity contribution is 5.85. The first-order chi connectivity index (χ1) is 8.02. The summed E-state index contributed by atoms with van der Waals surface area (Å²) in [4.78, 5) is 16.7. The minimum Gasteiger partial charge on any atom is -0.480 e. The summed E-state index contributed by atoms with van der Waals surface area (Å²) in [5.74, 6) is 0.483. The molecule has 0 spiro atoms. The van der Waals surface area contributed by atoms with Crippen molar-refractivity contribution in [3.05, 3.63) is 11.7 Å². The van der Waals surface area contributed by atoms with E-state index in [2.05, 4.69) is 10.1 Å². The van der Waals surface area contributed by atoms with Gasteiger partial charge >= 0.3 is 5.97 Å². The Bertz CT molecular complexity index is 368. The lowest BCUT2D eigenvalue weighted by atomic mass is 10.2. The Hall–Kier alpha value is -1.14. The molecule has 1 heterocycles. The minimum atomic E-state index is -0.842. The van der Waals surface area contributed by atoms with Crippen LogP contribution in [0, 0.1) is 0 Å². The zero-order valence-electron chi connectivity index (χ0n) is 10.9. The van der Waals surface area contributed by atoms with E-state index in [1.165, 1.54) is 0 Å². The lowest BCUT2D eigenvalue weighted by Gasteiger charge is -2.16. The van der Waals surface area contributed by atoms with Gasteiger partial charge in [0.05, 0.1) is 13.1 Å². The van der Waals surface area contributed by atoms with Crippen molar-refractivity contribution in [2.24, 2.45) is 0 Å². The Morgan fingerprint density at radius 1 is 1.50 bits per heavy atom. The number of aromatic nitrogens is 2. The summed E-state index contributed by atoms with van der Waals surface area (Å²) in [6.45, 7) is 7.06. The summed E-state index contributed by atoms with van der Waals surface area (Å²) < 4.78 is 5.07. The average molecular weight is 278 g/mol. The second-order valence-electron chi connectivity index (χ2n) is 4.31. The van der Waals surface area contributed by atoms with Gasteiger partial charge in [-0.15, -0.1) is 12.4 Å². The van der Waals surface area contributed by atoms with Gasteiger partial charge in [0.15, 0.2) is 5.82 Å². The van der Waals surface area contributed by atoms with Crippen LogP contribution < -0.4 is 0 Å². The molecule has 0 fully saturated rings. The molecule has 0 aliphatic rings. The molecule has 0 amide bonds. The van der Waals surface area contributed by atoms with Crippen LogP contribution in [0.5, 0.6) is 0 Å². The molecular weight excluding hydrogens is 258 g/mol. The first kappa shape index (κ1) is 16.9. The van der Waals surface area contributed by atoms with Gasteiger partial charge in [-0.05, 0) is 13.0 Å². The van der Waals surface area contributed by atoms with E-state index in [9.17, 15) is 4.79 Å². The van der Waals surface area contributed by atoms with Crippen LogP contribution in [0.15, 0.2) is 4.52 Å². The predicted molar refractivity (Wildman–Crippen MR) is 68.8 cm³/mol. The van der Waals surface area contributed by atoms with Gasteiger partial charge in [0.1, 0.15) is 0 Å². The van der Waals surface area contributed by atoms with Gasteiger partial charge in [0, 0.05) is 5.92 Å². The number of carboxylic acid groups (broad SMARTS) is 1. The van der Waals surface area contributed by atoms with Gasteiger partial charge in [-0.25, -0.2) is 0 Å². The molecule has 6 nitrogen and oxygen atoms in total. The Kier molecular flexibility index (Phi) is 7.54. The molecule has 0 aromatic carbocycles. The van der Waals surface area contributed by atoms with Gasteiger partial charge < -0.3 is 9.63 Å². The van der Waals surface area contributed by atoms with Crippen LogP contribution in [-0.2, 0) is 11.3 Å². The second-order valence-corrected chi connectivity index (χ2v) is 4.31. The first-order valence-electron chi connectivity index (χ1n) is 5.79. The number of carbonyl (C=O) groups is 1. The molecule has 7 heteroatoms. The lowest BCUT2D eigenvalue weighted by molar-refractivity contribution is -0.138. The molecule has 104 valence electrons. The number of nitrogens with zero attached hydrogens (tertiary/aromatic N) is 3. The van der Waals surface area contributed by atoms with Crippen molar-refractivity contribution in [3.63, 3.8) is 0 Å². The standard InChI is InChI=1S/C11H19N3O3.ClH/c1-4-5-14(7-10(15)16)6-9-12-11(8(2)3)17-13-9;/h8H,4-7H2,1-3H3,(H,15,16);1H. The van der Waals surface area contributed by atoms with E-state index in [-0.39, 0.29) is 24.9 Å². The molecule has 0 atom stereocenters. The van der Waals surface area contributed by atoms with Crippen molar-refractivity contribution in [2.75, 3.05) is 13.1 Å². The summed E-state index contributed by atoms with van der Waals surface area (Å²) >= 11 is 0. The average Bonchev–Trinajstić information content (AvgIpc) is 2.65. The number of hydrogen-bond acceptors (Lipinski definition) is 5. The highest BCUT2D eigenvalue weighted by Gasteiger charge is 2.14. The largest absolute Gasteiger partial charge is 0.480 e. The first-order valence-corrected chi connectivity index (χ1v) is 5.79. The molecule has 1 aromatic rings. The molecule has 0 radical (unpaired) electrons. The molecule has 0 aliphatic carbocycles. The van der Waals surface area contributed by atoms with Gasteiger partial charge in [-0.1, -0.05) is 25.9 Å². The van der Waals surface area contributed by atoms with Crippen LogP contribution in [-0.4, -0.2) is 39.2 Å². The van der Waals surface area contributed by atoms with E-state index >= 15 is 0 Å². The molecule has 0 bridgehead atoms. The summed E-state index contributed by atoms with van der Waals surface area (Å²) in [5.41, 5.74) is 0. The van der Waals surface area contributed by atoms with E-state index in [1.807, 2.05) is 20.8 Å². The van der Waals surface area contributed by atoms with Crippen LogP contribution in [0.2, 0.25) is 0 Å². The number of rotatable bonds is 7. The van der Waals surface area contributed by atoms with E-state index in [4.69, 9.17) is 9.63 Å². The monoisotopic (exact) mass is 277 g/mol. The van der Waals surface area contributed by atoms with Crippen molar-refractivity contribution >= 4 is 18.4 Å². The second kappa shape index (κ2) is 8.05. The van der Waals surface area contributed by atoms with Gasteiger partial charge in [0.25, 0.3) is 0 Å². The third-order valence-corrected chi connectivity index (χ3v) is 2.24. The van der Waals surface area contributed by atoms with Crippen LogP contribution >= 0.6 is 12.4 Å². The highest BCUT2D eigenvalue weighted by atomic mass is 35.5. The molecule has 1 aromatic heterocycles. The van der Waals surface area contributed by atoms with Gasteiger partial charge in [-0.3, -0.25) is 9.69 Å². The molecule has 0 unspecified atom stereocenters. The maximum Gasteiger partial charge on any atom is 0.317 e. The van der Waals surface area contributed by atoms with E-state index < -0.39 is 5.97 Å². The number of aliphatic carboxylic acids is 1. The van der Waals surface area contributed by atoms with Crippen LogP contribution in [0.3, 0.4) is 0 Å². The number of halogens is 1. The molecule has 1 N–H and O–H groups in total. The zero-order valence-corrected chi connectivity index (χ0v) is 11.7. The SMILES string of the molecule is CCCN(CC(=O)O)Cc1noc(C(C)C)n1.Cl. The quantitative estimate of drug-likeness (QED) is 0.820. The van der Waals surface area contributed by atoms with E-state index in [0.29, 0.717) is 24.8 Å². The Morgan fingerprint density at radius 2 is 2.17 bits per heavy atom. The van der Waals surface area contributed by atoms with Crippen molar-refractivity contribution in [1.82, 2.24) is 15.0 Å². The highest BCUT2D eigenvalue weighted by Crippen LogP contribution is 2.11. The molecule has 0 aliphatic heterocycles. The predicted octanol–water partition coefficient (Wildman–Crippen LogP) is 1.91. The van der Waals surface area contributed by atoms with Crippen LogP contribution in [0.25, 0.3) is 0 Å². The fraction of sp³-hybridized carbons (Fsp3) is 0.727. The van der Waals surface area contributed by atoms with Crippen molar-refractivity contribution in [3.8, 4) is 0 Å². The summed E-state index contributed by atoms with van der Waals surface area (Å²) in [6.07, 6.45) is 0.891. The zero-order chi connectivity index (χ0) is 12.8. The fourth-order valence-electron chi connectivity index (χ4n) is 1.49. The topological polar surface area (TPSA) is 79.5 Å². The molecule has 0 saturated heterocycles. The summed E-state index contributed by atoms with van der Waals surface area (Å²) in [6, 6.07) is 0. The van der Waals surface area contributed by atoms with Gasteiger partial charge in [-0.2, -0.15) is 4.98 Å². The molecule has 18 heavy (non-hydrogen) atoms. The Balaban J connectivity index is 0.00000289. The van der Waals surface area contributed by atoms with E-state index in [0.717, 1.165) is 6.42 Å². The fourth-order valence-corrected chi connectivity index (χ4v) is 1.49. The number of carboxylic acids is 1. The van der Waals surface area contributed by atoms with Crippen molar-refractivity contribution < 1.29 is 14.4 Å². The Morgan fingerprint density at radius 3 is 2.61 bits per heavy atom. The summed E-state index contributed by atoms with van der Waals surface area (Å²) in [7, 11) is 0. The normalized spacial score (nSPS) is 10.7. The van der Waals surface area contributed by atoms with E-state index in [1.54, 1.807) is 4.90 Å². The number of hydrogen-bond donors (Lipinski definition) is 1. The van der Waals surface area contributed by atoms with Crippen molar-refractivity contribution in [2.45, 2.75) is 39.7 Å². The smallest absolute Gasteiger partial charge is 0.317 e. The maximum absolute atomic E-state index is 10.7. The van der Waals surface area contributed by atoms with Crippen molar-refractivity contribution in [1.29, 1.82) is 0 Å². The Labute approximate surface area is 113 Å². The third kappa shape index (κ3) is 5.46. The maximum atomic E-state index is 10.7. The van der Waals surface area contributed by atoms with Gasteiger partial charge in [0.2, 0.25) is 5.89 Å². The minimum absolute atomic E-state index is 0. The lowest BCUT2D eigenvalue weighted by Crippen LogP contribution is -2.30. The third-order valence-electron chi connectivity index (χ3n) is 2.24.